The van der Waals surface area contributed by atoms with Crippen molar-refractivity contribution in [3.05, 3.63) is 29.6 Å². The first kappa shape index (κ1) is 11.6. The molecule has 0 atom stereocenters. The minimum atomic E-state index is -0.979. The molecule has 1 rings (SSSR count). The Labute approximate surface area is 78.4 Å². The van der Waals surface area contributed by atoms with Crippen molar-refractivity contribution >= 4 is 5.97 Å². The lowest BCUT2D eigenvalue weighted by molar-refractivity contribution is 0.0690. The third-order valence-corrected chi connectivity index (χ3v) is 1.45. The van der Waals surface area contributed by atoms with Crippen molar-refractivity contribution in [2.75, 3.05) is 0 Å². The highest BCUT2D eigenvalue weighted by atomic mass is 16.4. The van der Waals surface area contributed by atoms with Crippen molar-refractivity contribution in [1.82, 2.24) is 4.98 Å². The Morgan fingerprint density at radius 2 is 2.08 bits per heavy atom. The van der Waals surface area contributed by atoms with Gasteiger partial charge in [0.25, 0.3) is 0 Å². The zero-order chi connectivity index (χ0) is 10.3. The maximum atomic E-state index is 10.3. The summed E-state index contributed by atoms with van der Waals surface area (Å²) >= 11 is 0. The Hall–Kier alpha value is -1.38. The predicted molar refractivity (Wildman–Crippen MR) is 51.9 cm³/mol. The molecule has 1 N–H and O–H groups in total. The van der Waals surface area contributed by atoms with E-state index in [0.29, 0.717) is 0 Å². The van der Waals surface area contributed by atoms with Gasteiger partial charge in [0.05, 0.1) is 0 Å². The molecule has 0 spiro atoms. The number of rotatable bonds is 2. The van der Waals surface area contributed by atoms with Gasteiger partial charge in [0.2, 0.25) is 0 Å². The number of pyridine rings is 1. The minimum Gasteiger partial charge on any atom is -0.477 e. The van der Waals surface area contributed by atoms with Gasteiger partial charge in [-0.25, -0.2) is 9.78 Å². The molecule has 0 aliphatic rings. The smallest absolute Gasteiger partial charge is 0.354 e. The lowest BCUT2D eigenvalue weighted by Gasteiger charge is -1.95. The van der Waals surface area contributed by atoms with E-state index >= 15 is 0 Å². The van der Waals surface area contributed by atoms with Gasteiger partial charge in [-0.2, -0.15) is 0 Å². The molecular weight excluding hydrogens is 166 g/mol. The molecule has 0 saturated carbocycles. The fraction of sp³-hybridized carbons (Fsp3) is 0.400. The third kappa shape index (κ3) is 3.69. The fourth-order valence-electron chi connectivity index (χ4n) is 0.760. The van der Waals surface area contributed by atoms with E-state index in [1.54, 1.807) is 12.3 Å². The molecule has 0 fully saturated rings. The molecule has 13 heavy (non-hydrogen) atoms. The van der Waals surface area contributed by atoms with Crippen LogP contribution in [0.2, 0.25) is 0 Å². The van der Waals surface area contributed by atoms with Gasteiger partial charge >= 0.3 is 5.97 Å². The second kappa shape index (κ2) is 6.17. The highest BCUT2D eigenvalue weighted by molar-refractivity contribution is 5.85. The van der Waals surface area contributed by atoms with Crippen LogP contribution in [0.25, 0.3) is 0 Å². The predicted octanol–water partition coefficient (Wildman–Crippen LogP) is 2.37. The van der Waals surface area contributed by atoms with Gasteiger partial charge in [0.15, 0.2) is 0 Å². The van der Waals surface area contributed by atoms with Crippen molar-refractivity contribution in [1.29, 1.82) is 0 Å². The molecule has 3 heteroatoms. The van der Waals surface area contributed by atoms with Gasteiger partial charge in [-0.05, 0) is 18.1 Å². The molecule has 1 heterocycles. The number of aryl methyl sites for hydroxylation is 1. The van der Waals surface area contributed by atoms with Crippen molar-refractivity contribution in [3.63, 3.8) is 0 Å². The highest BCUT2D eigenvalue weighted by Crippen LogP contribution is 2.00. The molecule has 0 aliphatic carbocycles. The summed E-state index contributed by atoms with van der Waals surface area (Å²) in [5, 5.41) is 8.49. The second-order valence-electron chi connectivity index (χ2n) is 2.21. The number of carboxylic acid groups (broad SMARTS) is 1. The van der Waals surface area contributed by atoms with E-state index in [0.717, 1.165) is 12.0 Å². The summed E-state index contributed by atoms with van der Waals surface area (Å²) in [5.74, 6) is -0.979. The van der Waals surface area contributed by atoms with Gasteiger partial charge in [-0.3, -0.25) is 0 Å². The number of carbonyl (C=O) groups is 1. The molecule has 0 aliphatic heterocycles. The number of hydrogen-bond donors (Lipinski definition) is 1. The van der Waals surface area contributed by atoms with E-state index < -0.39 is 5.97 Å². The Balaban J connectivity index is 0.000000671. The zero-order valence-electron chi connectivity index (χ0n) is 8.24. The lowest BCUT2D eigenvalue weighted by Crippen LogP contribution is -1.99. The maximum Gasteiger partial charge on any atom is 0.354 e. The molecule has 0 bridgehead atoms. The van der Waals surface area contributed by atoms with E-state index in [9.17, 15) is 4.79 Å². The van der Waals surface area contributed by atoms with E-state index in [2.05, 4.69) is 4.98 Å². The van der Waals surface area contributed by atoms with E-state index in [-0.39, 0.29) is 5.69 Å². The first-order valence-corrected chi connectivity index (χ1v) is 4.42. The monoisotopic (exact) mass is 181 g/mol. The van der Waals surface area contributed by atoms with Gasteiger partial charge in [-0.1, -0.05) is 26.8 Å². The van der Waals surface area contributed by atoms with E-state index in [1.165, 1.54) is 6.07 Å². The number of aromatic nitrogens is 1. The van der Waals surface area contributed by atoms with Crippen molar-refractivity contribution in [2.24, 2.45) is 0 Å². The molecule has 0 saturated heterocycles. The maximum absolute atomic E-state index is 10.3. The summed E-state index contributed by atoms with van der Waals surface area (Å²) in [7, 11) is 0. The molecule has 3 nitrogen and oxygen atoms in total. The summed E-state index contributed by atoms with van der Waals surface area (Å²) < 4.78 is 0. The van der Waals surface area contributed by atoms with E-state index in [4.69, 9.17) is 5.11 Å². The Kier molecular flexibility index (Phi) is 5.52. The fourth-order valence-corrected chi connectivity index (χ4v) is 0.760. The molecule has 0 aromatic carbocycles. The first-order valence-electron chi connectivity index (χ1n) is 4.42. The van der Waals surface area contributed by atoms with Crippen LogP contribution in [0.15, 0.2) is 18.3 Å². The van der Waals surface area contributed by atoms with Gasteiger partial charge in [0, 0.05) is 6.20 Å². The molecular formula is C10H15NO2. The lowest BCUT2D eigenvalue weighted by atomic mass is 10.2. The van der Waals surface area contributed by atoms with Gasteiger partial charge in [0.1, 0.15) is 5.69 Å². The van der Waals surface area contributed by atoms with Crippen molar-refractivity contribution < 1.29 is 9.90 Å². The number of hydrogen-bond acceptors (Lipinski definition) is 2. The van der Waals surface area contributed by atoms with Crippen molar-refractivity contribution in [2.45, 2.75) is 27.2 Å². The van der Waals surface area contributed by atoms with Crippen molar-refractivity contribution in [3.8, 4) is 0 Å². The molecule has 0 amide bonds. The average Bonchev–Trinajstić information content (AvgIpc) is 2.21. The number of aromatic carboxylic acids is 1. The quantitative estimate of drug-likeness (QED) is 0.762. The number of nitrogens with zero attached hydrogens (tertiary/aromatic N) is 1. The Bertz CT molecular complexity index is 254. The van der Waals surface area contributed by atoms with Crippen LogP contribution in [-0.4, -0.2) is 16.1 Å². The zero-order valence-corrected chi connectivity index (χ0v) is 8.24. The van der Waals surface area contributed by atoms with Crippen LogP contribution in [-0.2, 0) is 6.42 Å². The average molecular weight is 181 g/mol. The van der Waals surface area contributed by atoms with Crippen LogP contribution in [0.5, 0.6) is 0 Å². The number of carboxylic acids is 1. The van der Waals surface area contributed by atoms with Crippen LogP contribution in [0.3, 0.4) is 0 Å². The molecule has 1 aromatic rings. The first-order chi connectivity index (χ1) is 6.24. The normalized spacial score (nSPS) is 8.54. The van der Waals surface area contributed by atoms with Crippen LogP contribution in [0.4, 0.5) is 0 Å². The summed E-state index contributed by atoms with van der Waals surface area (Å²) in [6.07, 6.45) is 2.47. The van der Waals surface area contributed by atoms with Crippen LogP contribution < -0.4 is 0 Å². The van der Waals surface area contributed by atoms with Crippen LogP contribution in [0, 0.1) is 0 Å². The SMILES string of the molecule is CC.CCc1ccc(C(=O)O)nc1. The summed E-state index contributed by atoms with van der Waals surface area (Å²) in [6, 6.07) is 3.29. The summed E-state index contributed by atoms with van der Waals surface area (Å²) in [5.41, 5.74) is 1.15. The largest absolute Gasteiger partial charge is 0.477 e. The second-order valence-corrected chi connectivity index (χ2v) is 2.21. The standard InChI is InChI=1S/C8H9NO2.C2H6/c1-2-6-3-4-7(8(10)11)9-5-6;1-2/h3-5H,2H2,1H3,(H,10,11);1-2H3. The Morgan fingerprint density at radius 1 is 1.46 bits per heavy atom. The van der Waals surface area contributed by atoms with Gasteiger partial charge < -0.3 is 5.11 Å². The Morgan fingerprint density at radius 3 is 2.38 bits per heavy atom. The minimum absolute atomic E-state index is 0.0993. The van der Waals surface area contributed by atoms with Gasteiger partial charge in [-0.15, -0.1) is 0 Å². The highest BCUT2D eigenvalue weighted by Gasteiger charge is 2.01. The third-order valence-electron chi connectivity index (χ3n) is 1.45. The van der Waals surface area contributed by atoms with Crippen LogP contribution >= 0.6 is 0 Å². The summed E-state index contributed by atoms with van der Waals surface area (Å²) in [4.78, 5) is 14.1. The summed E-state index contributed by atoms with van der Waals surface area (Å²) in [6.45, 7) is 6.00. The molecule has 72 valence electrons. The molecule has 0 radical (unpaired) electrons. The van der Waals surface area contributed by atoms with E-state index in [1.807, 2.05) is 20.8 Å². The molecule has 0 unspecified atom stereocenters. The van der Waals surface area contributed by atoms with Crippen LogP contribution in [0.1, 0.15) is 36.8 Å². The topological polar surface area (TPSA) is 50.2 Å². The molecule has 1 aromatic heterocycles.